The number of nitrogens with zero attached hydrogens (tertiary/aromatic N) is 2. The molecule has 0 N–H and O–H groups in total. The number of fused-ring (bicyclic) bond motifs is 1. The number of hydrogen-bond donors (Lipinski definition) is 0. The molecule has 0 radical (unpaired) electrons. The molecule has 0 spiro atoms. The number of likely N-dealkylation sites (tertiary alicyclic amines) is 1. The lowest BCUT2D eigenvalue weighted by Crippen LogP contribution is -2.49. The Bertz CT molecular complexity index is 752. The van der Waals surface area contributed by atoms with Crippen LogP contribution in [0.1, 0.15) is 38.8 Å². The minimum atomic E-state index is -0.384. The van der Waals surface area contributed by atoms with Crippen molar-refractivity contribution in [2.45, 2.75) is 52.1 Å². The molecule has 1 fully saturated rings. The minimum Gasteiger partial charge on any atom is -0.483 e. The Hall–Kier alpha value is -2.17. The van der Waals surface area contributed by atoms with Gasteiger partial charge in [0, 0.05) is 29.2 Å². The van der Waals surface area contributed by atoms with Crippen LogP contribution in [0.25, 0.3) is 10.9 Å². The number of amides is 1. The molecule has 0 unspecified atom stereocenters. The van der Waals surface area contributed by atoms with E-state index >= 15 is 0 Å². The summed E-state index contributed by atoms with van der Waals surface area (Å²) in [5.74, 6) is 0.0991. The van der Waals surface area contributed by atoms with Gasteiger partial charge in [-0.25, -0.2) is 9.37 Å². The average molecular weight is 330 g/mol. The van der Waals surface area contributed by atoms with Crippen molar-refractivity contribution in [1.82, 2.24) is 9.88 Å². The van der Waals surface area contributed by atoms with E-state index in [2.05, 4.69) is 18.8 Å². The number of aryl methyl sites for hydroxylation is 1. The summed E-state index contributed by atoms with van der Waals surface area (Å²) in [6, 6.07) is 6.98. The summed E-state index contributed by atoms with van der Waals surface area (Å²) in [7, 11) is 0. The van der Waals surface area contributed by atoms with Crippen molar-refractivity contribution in [2.24, 2.45) is 0 Å². The summed E-state index contributed by atoms with van der Waals surface area (Å²) in [6.07, 6.45) is 3.21. The van der Waals surface area contributed by atoms with Gasteiger partial charge in [-0.3, -0.25) is 4.79 Å². The Kier molecular flexibility index (Phi) is 4.69. The molecule has 1 aliphatic heterocycles. The van der Waals surface area contributed by atoms with Crippen molar-refractivity contribution < 1.29 is 13.9 Å². The lowest BCUT2D eigenvalue weighted by atomic mass is 9.97. The van der Waals surface area contributed by atoms with E-state index in [-0.39, 0.29) is 35.9 Å². The molecule has 0 bridgehead atoms. The number of benzene rings is 1. The van der Waals surface area contributed by atoms with Crippen LogP contribution in [0.3, 0.4) is 0 Å². The smallest absolute Gasteiger partial charge is 0.260 e. The highest BCUT2D eigenvalue weighted by molar-refractivity contribution is 5.86. The summed E-state index contributed by atoms with van der Waals surface area (Å²) < 4.78 is 19.7. The Balaban J connectivity index is 1.80. The summed E-state index contributed by atoms with van der Waals surface area (Å²) in [5.41, 5.74) is 0.939. The molecule has 1 amide bonds. The highest BCUT2D eigenvalue weighted by atomic mass is 19.1. The molecular weight excluding hydrogens is 307 g/mol. The minimum absolute atomic E-state index is 0.0197. The molecular formula is C19H23FN2O2. The van der Waals surface area contributed by atoms with E-state index in [0.29, 0.717) is 16.8 Å². The highest BCUT2D eigenvalue weighted by Crippen LogP contribution is 2.28. The van der Waals surface area contributed by atoms with Crippen molar-refractivity contribution in [1.29, 1.82) is 0 Å². The van der Waals surface area contributed by atoms with Gasteiger partial charge in [-0.05, 0) is 52.2 Å². The SMILES string of the molecule is Cc1cc(OCC(=O)N2[C@H](C)CCC[C@@H]2C)c2cccc(F)c2n1. The largest absolute Gasteiger partial charge is 0.483 e. The van der Waals surface area contributed by atoms with Crippen LogP contribution in [-0.2, 0) is 4.79 Å². The maximum absolute atomic E-state index is 13.9. The summed E-state index contributed by atoms with van der Waals surface area (Å²) in [6.45, 7) is 5.91. The molecule has 0 aliphatic carbocycles. The third-order valence-corrected chi connectivity index (χ3v) is 4.71. The molecule has 24 heavy (non-hydrogen) atoms. The maximum atomic E-state index is 13.9. The van der Waals surface area contributed by atoms with E-state index in [1.54, 1.807) is 25.1 Å². The number of halogens is 1. The first-order valence-electron chi connectivity index (χ1n) is 8.47. The average Bonchev–Trinajstić information content (AvgIpc) is 2.53. The van der Waals surface area contributed by atoms with Gasteiger partial charge in [-0.2, -0.15) is 0 Å². The summed E-state index contributed by atoms with van der Waals surface area (Å²) in [4.78, 5) is 18.7. The van der Waals surface area contributed by atoms with E-state index in [1.165, 1.54) is 6.07 Å². The normalized spacial score (nSPS) is 21.1. The van der Waals surface area contributed by atoms with Crippen LogP contribution in [0.2, 0.25) is 0 Å². The number of para-hydroxylation sites is 1. The fourth-order valence-electron chi connectivity index (χ4n) is 3.55. The van der Waals surface area contributed by atoms with Gasteiger partial charge in [0.1, 0.15) is 17.1 Å². The summed E-state index contributed by atoms with van der Waals surface area (Å²) >= 11 is 0. The molecule has 1 aromatic heterocycles. The number of piperidine rings is 1. The molecule has 3 rings (SSSR count). The molecule has 1 aromatic carbocycles. The van der Waals surface area contributed by atoms with Crippen LogP contribution in [0.4, 0.5) is 4.39 Å². The predicted octanol–water partition coefficient (Wildman–Crippen LogP) is 3.85. The standard InChI is InChI=1S/C19H23FN2O2/c1-12-10-17(15-8-5-9-16(20)19(15)21-12)24-11-18(23)22-13(2)6-4-7-14(22)3/h5,8-10,13-14H,4,6-7,11H2,1-3H3/t13-,14+. The molecule has 5 heteroatoms. The van der Waals surface area contributed by atoms with Crippen LogP contribution < -0.4 is 4.74 Å². The predicted molar refractivity (Wildman–Crippen MR) is 91.6 cm³/mol. The van der Waals surface area contributed by atoms with Crippen LogP contribution in [0.5, 0.6) is 5.75 Å². The second kappa shape index (κ2) is 6.75. The third-order valence-electron chi connectivity index (χ3n) is 4.71. The Morgan fingerprint density at radius 3 is 2.75 bits per heavy atom. The van der Waals surface area contributed by atoms with E-state index in [1.807, 2.05) is 4.90 Å². The van der Waals surface area contributed by atoms with E-state index in [4.69, 9.17) is 4.74 Å². The van der Waals surface area contributed by atoms with Crippen LogP contribution >= 0.6 is 0 Å². The Morgan fingerprint density at radius 1 is 1.33 bits per heavy atom. The quantitative estimate of drug-likeness (QED) is 0.858. The molecule has 2 heterocycles. The van der Waals surface area contributed by atoms with Gasteiger partial charge in [0.2, 0.25) is 0 Å². The van der Waals surface area contributed by atoms with Gasteiger partial charge in [0.15, 0.2) is 6.61 Å². The molecule has 0 saturated carbocycles. The fraction of sp³-hybridized carbons (Fsp3) is 0.474. The molecule has 2 aromatic rings. The first-order valence-corrected chi connectivity index (χ1v) is 8.47. The van der Waals surface area contributed by atoms with Crippen molar-refractivity contribution in [3.8, 4) is 5.75 Å². The number of ether oxygens (including phenoxy) is 1. The number of carbonyl (C=O) groups is 1. The number of carbonyl (C=O) groups excluding carboxylic acids is 1. The first kappa shape index (κ1) is 16.7. The zero-order valence-corrected chi connectivity index (χ0v) is 14.4. The van der Waals surface area contributed by atoms with Gasteiger partial charge < -0.3 is 9.64 Å². The van der Waals surface area contributed by atoms with Gasteiger partial charge in [-0.15, -0.1) is 0 Å². The maximum Gasteiger partial charge on any atom is 0.260 e. The molecule has 1 aliphatic rings. The van der Waals surface area contributed by atoms with E-state index < -0.39 is 0 Å². The Labute approximate surface area is 141 Å². The molecule has 4 nitrogen and oxygen atoms in total. The second-order valence-electron chi connectivity index (χ2n) is 6.62. The Morgan fingerprint density at radius 2 is 2.04 bits per heavy atom. The fourth-order valence-corrected chi connectivity index (χ4v) is 3.55. The van der Waals surface area contributed by atoms with Crippen LogP contribution in [-0.4, -0.2) is 34.5 Å². The molecule has 1 saturated heterocycles. The zero-order valence-electron chi connectivity index (χ0n) is 14.4. The van der Waals surface area contributed by atoms with Crippen molar-refractivity contribution in [2.75, 3.05) is 6.61 Å². The van der Waals surface area contributed by atoms with Crippen molar-refractivity contribution in [3.63, 3.8) is 0 Å². The van der Waals surface area contributed by atoms with Gasteiger partial charge in [-0.1, -0.05) is 6.07 Å². The lowest BCUT2D eigenvalue weighted by molar-refractivity contribution is -0.139. The number of pyridine rings is 1. The van der Waals surface area contributed by atoms with Gasteiger partial charge in [0.25, 0.3) is 5.91 Å². The monoisotopic (exact) mass is 330 g/mol. The van der Waals surface area contributed by atoms with Crippen molar-refractivity contribution in [3.05, 3.63) is 35.8 Å². The van der Waals surface area contributed by atoms with E-state index in [0.717, 1.165) is 19.3 Å². The van der Waals surface area contributed by atoms with Crippen LogP contribution in [0.15, 0.2) is 24.3 Å². The topological polar surface area (TPSA) is 42.4 Å². The van der Waals surface area contributed by atoms with Gasteiger partial charge in [0.05, 0.1) is 0 Å². The highest BCUT2D eigenvalue weighted by Gasteiger charge is 2.29. The molecule has 128 valence electrons. The van der Waals surface area contributed by atoms with Gasteiger partial charge >= 0.3 is 0 Å². The number of aromatic nitrogens is 1. The third kappa shape index (κ3) is 3.21. The first-order chi connectivity index (χ1) is 11.5. The lowest BCUT2D eigenvalue weighted by Gasteiger charge is -2.39. The summed E-state index contributed by atoms with van der Waals surface area (Å²) in [5, 5.41) is 0.591. The number of hydrogen-bond acceptors (Lipinski definition) is 3. The zero-order chi connectivity index (χ0) is 17.3. The molecule has 2 atom stereocenters. The van der Waals surface area contributed by atoms with E-state index in [9.17, 15) is 9.18 Å². The van der Waals surface area contributed by atoms with Crippen LogP contribution in [0, 0.1) is 12.7 Å². The number of rotatable bonds is 3. The van der Waals surface area contributed by atoms with Crippen molar-refractivity contribution >= 4 is 16.8 Å². The second-order valence-corrected chi connectivity index (χ2v) is 6.62.